The van der Waals surface area contributed by atoms with Crippen LogP contribution in [0.5, 0.6) is 0 Å². The van der Waals surface area contributed by atoms with Gasteiger partial charge >= 0.3 is 5.97 Å². The SMILES string of the molecule is Cc1c(C(=O)N[C@H]2CCCCC[C@H]2C(=O)O)[nH]c2c1C(=O)CCC2. The summed E-state index contributed by atoms with van der Waals surface area (Å²) >= 11 is 0. The molecule has 3 N–H and O–H groups in total. The summed E-state index contributed by atoms with van der Waals surface area (Å²) in [5.74, 6) is -1.60. The summed E-state index contributed by atoms with van der Waals surface area (Å²) in [5, 5.41) is 12.3. The van der Waals surface area contributed by atoms with Gasteiger partial charge in [0.2, 0.25) is 0 Å². The van der Waals surface area contributed by atoms with Crippen LogP contribution in [-0.4, -0.2) is 33.8 Å². The van der Waals surface area contributed by atoms with Gasteiger partial charge in [0.05, 0.1) is 5.92 Å². The van der Waals surface area contributed by atoms with Crippen molar-refractivity contribution in [1.82, 2.24) is 10.3 Å². The normalized spacial score (nSPS) is 24.1. The number of amides is 1. The molecule has 2 atom stereocenters. The molecule has 1 aromatic heterocycles. The first-order valence-electron chi connectivity index (χ1n) is 8.77. The molecule has 0 aromatic carbocycles. The smallest absolute Gasteiger partial charge is 0.308 e. The third kappa shape index (κ3) is 3.09. The Labute approximate surface area is 141 Å². The van der Waals surface area contributed by atoms with Crippen molar-refractivity contribution >= 4 is 17.7 Å². The Morgan fingerprint density at radius 2 is 1.88 bits per heavy atom. The molecule has 0 radical (unpaired) electrons. The molecule has 0 aliphatic heterocycles. The number of hydrogen-bond acceptors (Lipinski definition) is 3. The van der Waals surface area contributed by atoms with Gasteiger partial charge in [0.15, 0.2) is 5.78 Å². The van der Waals surface area contributed by atoms with Gasteiger partial charge < -0.3 is 15.4 Å². The van der Waals surface area contributed by atoms with Gasteiger partial charge in [-0.3, -0.25) is 14.4 Å². The van der Waals surface area contributed by atoms with Crippen molar-refractivity contribution in [3.05, 3.63) is 22.5 Å². The number of carboxylic acid groups (broad SMARTS) is 1. The number of aliphatic carboxylic acids is 1. The first kappa shape index (κ1) is 16.7. The van der Waals surface area contributed by atoms with Gasteiger partial charge in [-0.05, 0) is 38.2 Å². The number of carboxylic acids is 1. The van der Waals surface area contributed by atoms with Crippen LogP contribution in [0.2, 0.25) is 0 Å². The summed E-state index contributed by atoms with van der Waals surface area (Å²) in [4.78, 5) is 39.4. The van der Waals surface area contributed by atoms with Gasteiger partial charge in [0.25, 0.3) is 5.91 Å². The standard InChI is InChI=1S/C18H24N2O4/c1-10-15-13(8-5-9-14(15)21)19-16(10)17(22)20-12-7-4-2-3-6-11(12)18(23)24/h11-12,19H,2-9H2,1H3,(H,20,22)(H,23,24)/t11-,12+/m1/s1. The van der Waals surface area contributed by atoms with E-state index in [0.717, 1.165) is 37.8 Å². The molecule has 1 aromatic rings. The Morgan fingerprint density at radius 3 is 2.58 bits per heavy atom. The summed E-state index contributed by atoms with van der Waals surface area (Å²) in [6.07, 6.45) is 6.19. The monoisotopic (exact) mass is 332 g/mol. The minimum atomic E-state index is -0.847. The molecule has 0 spiro atoms. The molecule has 3 rings (SSSR count). The third-order valence-corrected chi connectivity index (χ3v) is 5.31. The van der Waals surface area contributed by atoms with Crippen molar-refractivity contribution in [3.63, 3.8) is 0 Å². The van der Waals surface area contributed by atoms with E-state index in [4.69, 9.17) is 0 Å². The number of aromatic nitrogens is 1. The van der Waals surface area contributed by atoms with E-state index in [1.165, 1.54) is 0 Å². The number of ketones is 1. The molecule has 6 heteroatoms. The lowest BCUT2D eigenvalue weighted by atomic mass is 9.93. The molecule has 2 aliphatic carbocycles. The molecule has 0 saturated heterocycles. The van der Waals surface area contributed by atoms with Gasteiger partial charge in [-0.25, -0.2) is 0 Å². The topological polar surface area (TPSA) is 99.3 Å². The molecule has 1 saturated carbocycles. The molecule has 2 aliphatic rings. The Balaban J connectivity index is 1.81. The summed E-state index contributed by atoms with van der Waals surface area (Å²) in [6.45, 7) is 1.79. The lowest BCUT2D eigenvalue weighted by molar-refractivity contribution is -0.142. The number of rotatable bonds is 3. The van der Waals surface area contributed by atoms with Crippen LogP contribution in [0.3, 0.4) is 0 Å². The maximum Gasteiger partial charge on any atom is 0.308 e. The Morgan fingerprint density at radius 1 is 1.12 bits per heavy atom. The lowest BCUT2D eigenvalue weighted by Crippen LogP contribution is -2.43. The molecule has 6 nitrogen and oxygen atoms in total. The fourth-order valence-electron chi connectivity index (χ4n) is 4.02. The van der Waals surface area contributed by atoms with Crippen LogP contribution < -0.4 is 5.32 Å². The first-order valence-corrected chi connectivity index (χ1v) is 8.77. The predicted molar refractivity (Wildman–Crippen MR) is 88.3 cm³/mol. The molecule has 0 unspecified atom stereocenters. The maximum absolute atomic E-state index is 12.7. The Kier molecular flexibility index (Phi) is 4.73. The number of carbonyl (C=O) groups is 3. The highest BCUT2D eigenvalue weighted by atomic mass is 16.4. The average Bonchev–Trinajstić information content (AvgIpc) is 2.72. The number of fused-ring (bicyclic) bond motifs is 1. The second-order valence-electron chi connectivity index (χ2n) is 6.92. The van der Waals surface area contributed by atoms with E-state index in [1.54, 1.807) is 6.92 Å². The zero-order valence-electron chi connectivity index (χ0n) is 14.0. The minimum Gasteiger partial charge on any atom is -0.481 e. The van der Waals surface area contributed by atoms with Crippen LogP contribution >= 0.6 is 0 Å². The van der Waals surface area contributed by atoms with E-state index in [9.17, 15) is 19.5 Å². The minimum absolute atomic E-state index is 0.0851. The largest absolute Gasteiger partial charge is 0.481 e. The highest BCUT2D eigenvalue weighted by Crippen LogP contribution is 2.28. The number of nitrogens with one attached hydrogen (secondary N) is 2. The molecular formula is C18H24N2O4. The summed E-state index contributed by atoms with van der Waals surface area (Å²) in [5.41, 5.74) is 2.59. The maximum atomic E-state index is 12.7. The van der Waals surface area contributed by atoms with Crippen LogP contribution in [0.25, 0.3) is 0 Å². The number of aromatic amines is 1. The Bertz CT molecular complexity index is 677. The highest BCUT2D eigenvalue weighted by Gasteiger charge is 2.32. The molecule has 0 bridgehead atoms. The number of H-pyrrole nitrogens is 1. The third-order valence-electron chi connectivity index (χ3n) is 5.31. The first-order chi connectivity index (χ1) is 11.5. The highest BCUT2D eigenvalue weighted by molar-refractivity contribution is 6.04. The second-order valence-corrected chi connectivity index (χ2v) is 6.92. The van der Waals surface area contributed by atoms with Gasteiger partial charge in [-0.15, -0.1) is 0 Å². The number of Topliss-reactive ketones (excluding diaryl/α,β-unsaturated/α-hetero) is 1. The second kappa shape index (κ2) is 6.79. The fourth-order valence-corrected chi connectivity index (χ4v) is 4.02. The average molecular weight is 332 g/mol. The lowest BCUT2D eigenvalue weighted by Gasteiger charge is -2.22. The molecule has 1 fully saturated rings. The van der Waals surface area contributed by atoms with Crippen molar-refractivity contribution in [2.24, 2.45) is 5.92 Å². The van der Waals surface area contributed by atoms with Crippen LogP contribution in [0.1, 0.15) is 77.0 Å². The van der Waals surface area contributed by atoms with Gasteiger partial charge in [0.1, 0.15) is 5.69 Å². The van der Waals surface area contributed by atoms with Crippen LogP contribution in [-0.2, 0) is 11.2 Å². The zero-order valence-corrected chi connectivity index (χ0v) is 14.0. The quantitative estimate of drug-likeness (QED) is 0.741. The molecule has 24 heavy (non-hydrogen) atoms. The summed E-state index contributed by atoms with van der Waals surface area (Å²) in [6, 6.07) is -0.354. The number of carbonyl (C=O) groups excluding carboxylic acids is 2. The van der Waals surface area contributed by atoms with E-state index in [2.05, 4.69) is 10.3 Å². The van der Waals surface area contributed by atoms with Crippen molar-refractivity contribution in [2.45, 2.75) is 64.3 Å². The fraction of sp³-hybridized carbons (Fsp3) is 0.611. The number of hydrogen-bond donors (Lipinski definition) is 3. The Hall–Kier alpha value is -2.11. The van der Waals surface area contributed by atoms with Crippen LogP contribution in [0.4, 0.5) is 0 Å². The van der Waals surface area contributed by atoms with E-state index >= 15 is 0 Å². The van der Waals surface area contributed by atoms with E-state index < -0.39 is 11.9 Å². The van der Waals surface area contributed by atoms with Crippen molar-refractivity contribution in [1.29, 1.82) is 0 Å². The van der Waals surface area contributed by atoms with E-state index in [0.29, 0.717) is 36.1 Å². The molecule has 1 amide bonds. The van der Waals surface area contributed by atoms with Crippen molar-refractivity contribution < 1.29 is 19.5 Å². The van der Waals surface area contributed by atoms with Crippen molar-refractivity contribution in [2.75, 3.05) is 0 Å². The zero-order chi connectivity index (χ0) is 17.3. The van der Waals surface area contributed by atoms with Gasteiger partial charge in [-0.1, -0.05) is 19.3 Å². The summed E-state index contributed by atoms with van der Waals surface area (Å²) < 4.78 is 0. The summed E-state index contributed by atoms with van der Waals surface area (Å²) in [7, 11) is 0. The van der Waals surface area contributed by atoms with Gasteiger partial charge in [0, 0.05) is 23.7 Å². The van der Waals surface area contributed by atoms with Gasteiger partial charge in [-0.2, -0.15) is 0 Å². The molecule has 1 heterocycles. The van der Waals surface area contributed by atoms with Crippen LogP contribution in [0, 0.1) is 12.8 Å². The van der Waals surface area contributed by atoms with Crippen LogP contribution in [0.15, 0.2) is 0 Å². The molecular weight excluding hydrogens is 308 g/mol. The number of aryl methyl sites for hydroxylation is 1. The van der Waals surface area contributed by atoms with E-state index in [1.807, 2.05) is 0 Å². The predicted octanol–water partition coefficient (Wildman–Crippen LogP) is 2.61. The molecule has 130 valence electrons. The van der Waals surface area contributed by atoms with Crippen molar-refractivity contribution in [3.8, 4) is 0 Å². The van der Waals surface area contributed by atoms with E-state index in [-0.39, 0.29) is 17.7 Å².